The summed E-state index contributed by atoms with van der Waals surface area (Å²) in [5, 5.41) is 2.25. The largest absolute Gasteiger partial charge is 0.271 e. The standard InChI is InChI=1S/C12H15NOS/c14-11(13-7-15)12-4-8-1-9(5-12)3-10(2-8)6-12/h8-10H,1-6H2. The Balaban J connectivity index is 1.92. The van der Waals surface area contributed by atoms with Gasteiger partial charge in [0.1, 0.15) is 0 Å². The van der Waals surface area contributed by atoms with Gasteiger partial charge in [-0.3, -0.25) is 4.79 Å². The topological polar surface area (TPSA) is 29.4 Å². The van der Waals surface area contributed by atoms with E-state index in [1.807, 2.05) is 0 Å². The molecule has 4 saturated carbocycles. The molecule has 0 aromatic rings. The van der Waals surface area contributed by atoms with Gasteiger partial charge >= 0.3 is 0 Å². The third kappa shape index (κ3) is 1.41. The lowest BCUT2D eigenvalue weighted by Crippen LogP contribution is -2.49. The summed E-state index contributed by atoms with van der Waals surface area (Å²) in [6, 6.07) is 0. The van der Waals surface area contributed by atoms with E-state index in [9.17, 15) is 4.79 Å². The number of hydrogen-bond donors (Lipinski definition) is 0. The summed E-state index contributed by atoms with van der Waals surface area (Å²) in [5.74, 6) is 2.40. The Labute approximate surface area is 95.2 Å². The van der Waals surface area contributed by atoms with Crippen molar-refractivity contribution in [3.63, 3.8) is 0 Å². The molecular weight excluding hydrogens is 206 g/mol. The van der Waals surface area contributed by atoms with Crippen LogP contribution in [0.2, 0.25) is 0 Å². The Morgan fingerprint density at radius 2 is 1.60 bits per heavy atom. The summed E-state index contributed by atoms with van der Waals surface area (Å²) < 4.78 is 0. The molecule has 0 unspecified atom stereocenters. The molecule has 0 aromatic heterocycles. The Bertz CT molecular complexity index is 321. The fourth-order valence-corrected chi connectivity index (χ4v) is 4.62. The van der Waals surface area contributed by atoms with Crippen molar-refractivity contribution in [3.05, 3.63) is 0 Å². The normalized spacial score (nSPS) is 46.3. The Morgan fingerprint density at radius 3 is 2.00 bits per heavy atom. The minimum atomic E-state index is -0.124. The van der Waals surface area contributed by atoms with Gasteiger partial charge in [-0.1, -0.05) is 0 Å². The van der Waals surface area contributed by atoms with Crippen molar-refractivity contribution in [2.24, 2.45) is 28.2 Å². The van der Waals surface area contributed by atoms with Crippen LogP contribution in [0.5, 0.6) is 0 Å². The summed E-state index contributed by atoms with van der Waals surface area (Å²) in [4.78, 5) is 15.7. The van der Waals surface area contributed by atoms with Crippen LogP contribution in [0, 0.1) is 23.2 Å². The molecule has 0 aromatic carbocycles. The second-order valence-corrected chi connectivity index (χ2v) is 5.89. The molecule has 0 saturated heterocycles. The summed E-state index contributed by atoms with van der Waals surface area (Å²) in [7, 11) is 0. The molecule has 4 aliphatic rings. The second-order valence-electron chi connectivity index (χ2n) is 5.71. The van der Waals surface area contributed by atoms with Gasteiger partial charge in [0.2, 0.25) is 0 Å². The average molecular weight is 221 g/mol. The molecule has 0 heterocycles. The monoisotopic (exact) mass is 221 g/mol. The molecule has 0 N–H and O–H groups in total. The summed E-state index contributed by atoms with van der Waals surface area (Å²) in [5.41, 5.74) is -0.124. The number of hydrogen-bond acceptors (Lipinski definition) is 2. The van der Waals surface area contributed by atoms with E-state index >= 15 is 0 Å². The number of amides is 1. The SMILES string of the molecule is O=C(N=C=S)C12CC3CC(CC(C3)C1)C2. The van der Waals surface area contributed by atoms with E-state index < -0.39 is 0 Å². The van der Waals surface area contributed by atoms with Crippen LogP contribution >= 0.6 is 12.2 Å². The van der Waals surface area contributed by atoms with Crippen LogP contribution in [-0.2, 0) is 4.79 Å². The first kappa shape index (κ1) is 9.68. The molecule has 15 heavy (non-hydrogen) atoms. The van der Waals surface area contributed by atoms with E-state index in [1.54, 1.807) is 0 Å². The number of isothiocyanates is 1. The van der Waals surface area contributed by atoms with E-state index in [-0.39, 0.29) is 11.3 Å². The van der Waals surface area contributed by atoms with Gasteiger partial charge in [0.15, 0.2) is 0 Å². The molecule has 4 bridgehead atoms. The van der Waals surface area contributed by atoms with Crippen molar-refractivity contribution >= 4 is 23.3 Å². The third-order valence-corrected chi connectivity index (χ3v) is 4.73. The highest BCUT2D eigenvalue weighted by Crippen LogP contribution is 2.60. The van der Waals surface area contributed by atoms with Crippen molar-refractivity contribution < 1.29 is 4.79 Å². The molecule has 3 heteroatoms. The fraction of sp³-hybridized carbons (Fsp3) is 0.833. The van der Waals surface area contributed by atoms with Crippen LogP contribution in [0.25, 0.3) is 0 Å². The maximum absolute atomic E-state index is 12.0. The minimum absolute atomic E-state index is 0.0246. The summed E-state index contributed by atoms with van der Waals surface area (Å²) in [6.07, 6.45) is 7.27. The first-order chi connectivity index (χ1) is 7.22. The predicted molar refractivity (Wildman–Crippen MR) is 60.6 cm³/mol. The van der Waals surface area contributed by atoms with Gasteiger partial charge in [-0.05, 0) is 68.5 Å². The Kier molecular flexibility index (Phi) is 2.08. The van der Waals surface area contributed by atoms with E-state index in [4.69, 9.17) is 0 Å². The molecule has 0 spiro atoms. The molecule has 0 aliphatic heterocycles. The van der Waals surface area contributed by atoms with Gasteiger partial charge in [-0.15, -0.1) is 0 Å². The first-order valence-electron chi connectivity index (χ1n) is 5.84. The summed E-state index contributed by atoms with van der Waals surface area (Å²) in [6.45, 7) is 0. The molecule has 4 aliphatic carbocycles. The van der Waals surface area contributed by atoms with Crippen LogP contribution in [0.15, 0.2) is 4.99 Å². The Hall–Kier alpha value is -0.530. The number of nitrogens with zero attached hydrogens (tertiary/aromatic N) is 1. The predicted octanol–water partition coefficient (Wildman–Crippen LogP) is 2.83. The van der Waals surface area contributed by atoms with Gasteiger partial charge in [-0.2, -0.15) is 4.99 Å². The highest BCUT2D eigenvalue weighted by atomic mass is 32.1. The van der Waals surface area contributed by atoms with E-state index in [1.165, 1.54) is 19.3 Å². The van der Waals surface area contributed by atoms with Crippen molar-refractivity contribution in [2.45, 2.75) is 38.5 Å². The zero-order valence-corrected chi connectivity index (χ0v) is 9.55. The zero-order chi connectivity index (χ0) is 10.5. The van der Waals surface area contributed by atoms with Crippen molar-refractivity contribution in [1.82, 2.24) is 0 Å². The molecule has 80 valence electrons. The van der Waals surface area contributed by atoms with Gasteiger partial charge in [0.25, 0.3) is 5.91 Å². The number of carbonyl (C=O) groups excluding carboxylic acids is 1. The van der Waals surface area contributed by atoms with Gasteiger partial charge < -0.3 is 0 Å². The van der Waals surface area contributed by atoms with Crippen molar-refractivity contribution in [1.29, 1.82) is 0 Å². The van der Waals surface area contributed by atoms with Gasteiger partial charge in [0, 0.05) is 0 Å². The number of carbonyl (C=O) groups is 1. The van der Waals surface area contributed by atoms with Crippen LogP contribution in [0.1, 0.15) is 38.5 Å². The lowest BCUT2D eigenvalue weighted by molar-refractivity contribution is -0.142. The first-order valence-corrected chi connectivity index (χ1v) is 6.25. The maximum Gasteiger partial charge on any atom is 0.260 e. The second kappa shape index (κ2) is 3.23. The van der Waals surface area contributed by atoms with Crippen LogP contribution in [0.4, 0.5) is 0 Å². The van der Waals surface area contributed by atoms with E-state index in [2.05, 4.69) is 22.4 Å². The van der Waals surface area contributed by atoms with Gasteiger partial charge in [0.05, 0.1) is 10.6 Å². The molecule has 0 radical (unpaired) electrons. The molecule has 2 nitrogen and oxygen atoms in total. The minimum Gasteiger partial charge on any atom is -0.271 e. The van der Waals surface area contributed by atoms with E-state index in [0.29, 0.717) is 0 Å². The quantitative estimate of drug-likeness (QED) is 0.503. The third-order valence-electron chi connectivity index (χ3n) is 4.64. The van der Waals surface area contributed by atoms with Gasteiger partial charge in [-0.25, -0.2) is 0 Å². The van der Waals surface area contributed by atoms with E-state index in [0.717, 1.165) is 37.0 Å². The molecular formula is C12H15NOS. The lowest BCUT2D eigenvalue weighted by atomic mass is 9.49. The molecule has 1 amide bonds. The smallest absolute Gasteiger partial charge is 0.260 e. The number of thiocarbonyl (C=S) groups is 1. The van der Waals surface area contributed by atoms with Crippen LogP contribution < -0.4 is 0 Å². The van der Waals surface area contributed by atoms with Crippen molar-refractivity contribution in [2.75, 3.05) is 0 Å². The highest BCUT2D eigenvalue weighted by molar-refractivity contribution is 7.78. The lowest BCUT2D eigenvalue weighted by Gasteiger charge is -2.55. The fourth-order valence-electron chi connectivity index (χ4n) is 4.53. The highest BCUT2D eigenvalue weighted by Gasteiger charge is 2.54. The summed E-state index contributed by atoms with van der Waals surface area (Å²) >= 11 is 4.55. The molecule has 4 fully saturated rings. The Morgan fingerprint density at radius 1 is 1.13 bits per heavy atom. The molecule has 0 atom stereocenters. The zero-order valence-electron chi connectivity index (χ0n) is 8.74. The average Bonchev–Trinajstić information content (AvgIpc) is 2.15. The van der Waals surface area contributed by atoms with Crippen LogP contribution in [-0.4, -0.2) is 11.1 Å². The van der Waals surface area contributed by atoms with Crippen LogP contribution in [0.3, 0.4) is 0 Å². The molecule has 4 rings (SSSR count). The number of rotatable bonds is 1. The maximum atomic E-state index is 12.0. The van der Waals surface area contributed by atoms with Crippen molar-refractivity contribution in [3.8, 4) is 0 Å². The number of aliphatic imine (C=N–C) groups is 1.